The van der Waals surface area contributed by atoms with Gasteiger partial charge in [-0.25, -0.2) is 9.48 Å². The average molecular weight is 428 g/mol. The van der Waals surface area contributed by atoms with Crippen LogP contribution < -0.4 is 10.6 Å². The van der Waals surface area contributed by atoms with E-state index in [0.29, 0.717) is 23.6 Å². The molecule has 1 aliphatic heterocycles. The Morgan fingerprint density at radius 2 is 2.03 bits per heavy atom. The van der Waals surface area contributed by atoms with E-state index < -0.39 is 0 Å². The number of aryl methyl sites for hydroxylation is 1. The number of Topliss-reactive ketones (excluding diaryl/α,β-unsaturated/α-hetero) is 1. The lowest BCUT2D eigenvalue weighted by Gasteiger charge is -2.42. The van der Waals surface area contributed by atoms with Crippen molar-refractivity contribution in [1.29, 1.82) is 0 Å². The van der Waals surface area contributed by atoms with Gasteiger partial charge in [-0.1, -0.05) is 23.7 Å². The molecule has 0 bridgehead atoms. The zero-order chi connectivity index (χ0) is 21.1. The number of carbonyl (C=O) groups excluding carboxylic acids is 1. The van der Waals surface area contributed by atoms with Gasteiger partial charge in [-0.3, -0.25) is 14.1 Å². The number of aromatic nitrogens is 3. The van der Waals surface area contributed by atoms with Crippen molar-refractivity contribution in [3.8, 4) is 0 Å². The molecule has 1 aliphatic rings. The van der Waals surface area contributed by atoms with Crippen LogP contribution in [0.3, 0.4) is 0 Å². The number of halogens is 1. The molecule has 1 fully saturated rings. The summed E-state index contributed by atoms with van der Waals surface area (Å²) in [4.78, 5) is 28.9. The maximum absolute atomic E-state index is 12.4. The molecule has 30 heavy (non-hydrogen) atoms. The van der Waals surface area contributed by atoms with Crippen LogP contribution in [0.2, 0.25) is 5.02 Å². The molecule has 0 N–H and O–H groups in total. The van der Waals surface area contributed by atoms with E-state index in [0.717, 1.165) is 38.3 Å². The lowest BCUT2D eigenvalue weighted by molar-refractivity contribution is -0.117. The Labute approximate surface area is 180 Å². The monoisotopic (exact) mass is 427 g/mol. The number of piperazine rings is 1. The summed E-state index contributed by atoms with van der Waals surface area (Å²) in [6.07, 6.45) is 3.07. The molecule has 2 aromatic heterocycles. The van der Waals surface area contributed by atoms with Gasteiger partial charge in [0.05, 0.1) is 0 Å². The second-order valence-corrected chi connectivity index (χ2v) is 8.26. The number of fused-ring (bicyclic) bond motifs is 1. The summed E-state index contributed by atoms with van der Waals surface area (Å²) in [6.45, 7) is 5.63. The highest BCUT2D eigenvalue weighted by atomic mass is 35.5. The van der Waals surface area contributed by atoms with Gasteiger partial charge in [0.2, 0.25) is 0 Å². The molecule has 8 heteroatoms. The first kappa shape index (κ1) is 20.6. The van der Waals surface area contributed by atoms with E-state index in [1.165, 1.54) is 4.68 Å². The number of carbonyl (C=O) groups is 1. The van der Waals surface area contributed by atoms with Crippen LogP contribution in [0.1, 0.15) is 19.8 Å². The third kappa shape index (κ3) is 4.57. The highest BCUT2D eigenvalue weighted by molar-refractivity contribution is 6.30. The Balaban J connectivity index is 1.39. The molecule has 7 nitrogen and oxygen atoms in total. The first-order chi connectivity index (χ1) is 14.5. The minimum atomic E-state index is -0.106. The van der Waals surface area contributed by atoms with Crippen molar-refractivity contribution in [3.63, 3.8) is 0 Å². The Bertz CT molecular complexity index is 1090. The fourth-order valence-corrected chi connectivity index (χ4v) is 4.37. The molecule has 0 aliphatic carbocycles. The summed E-state index contributed by atoms with van der Waals surface area (Å²) in [5, 5.41) is 5.10. The maximum atomic E-state index is 12.4. The summed E-state index contributed by atoms with van der Waals surface area (Å²) >= 11 is 6.18. The fraction of sp³-hybridized carbons (Fsp3) is 0.409. The normalized spacial score (nSPS) is 17.5. The Morgan fingerprint density at radius 3 is 2.80 bits per heavy atom. The molecule has 1 unspecified atom stereocenters. The number of rotatable bonds is 7. The lowest BCUT2D eigenvalue weighted by Crippen LogP contribution is -2.54. The summed E-state index contributed by atoms with van der Waals surface area (Å²) in [5.41, 5.74) is 1.62. The van der Waals surface area contributed by atoms with Gasteiger partial charge in [0.1, 0.15) is 5.78 Å². The van der Waals surface area contributed by atoms with E-state index in [-0.39, 0.29) is 17.5 Å². The fourth-order valence-electron chi connectivity index (χ4n) is 4.18. The summed E-state index contributed by atoms with van der Waals surface area (Å²) < 4.78 is 3.09. The van der Waals surface area contributed by atoms with E-state index in [4.69, 9.17) is 11.6 Å². The molecule has 4 rings (SSSR count). The summed E-state index contributed by atoms with van der Waals surface area (Å²) in [6, 6.07) is 13.5. The molecule has 0 saturated carbocycles. The van der Waals surface area contributed by atoms with Gasteiger partial charge in [0.25, 0.3) is 0 Å². The van der Waals surface area contributed by atoms with Crippen LogP contribution in [0.25, 0.3) is 5.65 Å². The van der Waals surface area contributed by atoms with Crippen molar-refractivity contribution in [3.05, 3.63) is 64.2 Å². The van der Waals surface area contributed by atoms with Crippen molar-refractivity contribution < 1.29 is 4.79 Å². The maximum Gasteiger partial charge on any atom is 0.350 e. The predicted molar refractivity (Wildman–Crippen MR) is 118 cm³/mol. The predicted octanol–water partition coefficient (Wildman–Crippen LogP) is 2.71. The molecule has 0 radical (unpaired) electrons. The number of benzene rings is 1. The van der Waals surface area contributed by atoms with Crippen LogP contribution in [0.15, 0.2) is 53.5 Å². The van der Waals surface area contributed by atoms with Crippen molar-refractivity contribution in [2.24, 2.45) is 0 Å². The Hall–Kier alpha value is -2.64. The zero-order valence-electron chi connectivity index (χ0n) is 17.1. The van der Waals surface area contributed by atoms with Gasteiger partial charge < -0.3 is 4.90 Å². The molecule has 0 amide bonds. The van der Waals surface area contributed by atoms with Crippen LogP contribution >= 0.6 is 11.6 Å². The molecule has 1 saturated heterocycles. The third-order valence-electron chi connectivity index (χ3n) is 5.56. The number of hydrogen-bond donors (Lipinski definition) is 0. The van der Waals surface area contributed by atoms with Gasteiger partial charge in [0.15, 0.2) is 5.65 Å². The standard InChI is InChI=1S/C22H26ClN5O2/c1-17(29)14-20-16-25(12-13-26(20)19-7-4-6-18(23)15-19)9-5-11-28-22(30)27-10-3-2-8-21(27)24-28/h2-4,6-8,10,15,20H,5,9,11-14,16H2,1H3. The Morgan fingerprint density at radius 1 is 1.17 bits per heavy atom. The molecule has 158 valence electrons. The van der Waals surface area contributed by atoms with Crippen LogP contribution in [0.4, 0.5) is 5.69 Å². The SMILES string of the molecule is CC(=O)CC1CN(CCCn2nc3ccccn3c2=O)CCN1c1cccc(Cl)c1. The quantitative estimate of drug-likeness (QED) is 0.580. The minimum absolute atomic E-state index is 0.106. The number of ketones is 1. The lowest BCUT2D eigenvalue weighted by atomic mass is 10.0. The molecular weight excluding hydrogens is 402 g/mol. The van der Waals surface area contributed by atoms with E-state index in [1.807, 2.05) is 42.5 Å². The Kier molecular flexibility index (Phi) is 6.20. The van der Waals surface area contributed by atoms with E-state index in [1.54, 1.807) is 17.5 Å². The largest absolute Gasteiger partial charge is 0.365 e. The van der Waals surface area contributed by atoms with Crippen LogP contribution in [-0.4, -0.2) is 57.1 Å². The van der Waals surface area contributed by atoms with Crippen molar-refractivity contribution >= 4 is 28.7 Å². The highest BCUT2D eigenvalue weighted by Crippen LogP contribution is 2.25. The molecule has 0 spiro atoms. The number of pyridine rings is 1. The van der Waals surface area contributed by atoms with E-state index in [2.05, 4.69) is 14.9 Å². The van der Waals surface area contributed by atoms with Gasteiger partial charge in [0, 0.05) is 62.1 Å². The van der Waals surface area contributed by atoms with E-state index >= 15 is 0 Å². The number of hydrogen-bond acceptors (Lipinski definition) is 5. The van der Waals surface area contributed by atoms with Crippen LogP contribution in [0, 0.1) is 0 Å². The van der Waals surface area contributed by atoms with Gasteiger partial charge >= 0.3 is 5.69 Å². The molecule has 1 aromatic carbocycles. The first-order valence-electron chi connectivity index (χ1n) is 10.3. The average Bonchev–Trinajstić information content (AvgIpc) is 3.04. The van der Waals surface area contributed by atoms with Crippen molar-refractivity contribution in [1.82, 2.24) is 19.1 Å². The van der Waals surface area contributed by atoms with Crippen molar-refractivity contribution in [2.45, 2.75) is 32.4 Å². The third-order valence-corrected chi connectivity index (χ3v) is 5.80. The topological polar surface area (TPSA) is 62.9 Å². The van der Waals surface area contributed by atoms with Crippen LogP contribution in [-0.2, 0) is 11.3 Å². The van der Waals surface area contributed by atoms with Crippen LogP contribution in [0.5, 0.6) is 0 Å². The van der Waals surface area contributed by atoms with Crippen molar-refractivity contribution in [2.75, 3.05) is 31.1 Å². The molecule has 1 atom stereocenters. The highest BCUT2D eigenvalue weighted by Gasteiger charge is 2.28. The van der Waals surface area contributed by atoms with Gasteiger partial charge in [-0.15, -0.1) is 5.10 Å². The van der Waals surface area contributed by atoms with Gasteiger partial charge in [-0.05, 0) is 43.7 Å². The summed E-state index contributed by atoms with van der Waals surface area (Å²) in [5.74, 6) is 0.185. The number of nitrogens with zero attached hydrogens (tertiary/aromatic N) is 5. The van der Waals surface area contributed by atoms with Gasteiger partial charge in [-0.2, -0.15) is 0 Å². The minimum Gasteiger partial charge on any atom is -0.365 e. The molecule has 3 heterocycles. The molecule has 3 aromatic rings. The zero-order valence-corrected chi connectivity index (χ0v) is 17.8. The second-order valence-electron chi connectivity index (χ2n) is 7.82. The first-order valence-corrected chi connectivity index (χ1v) is 10.7. The second kappa shape index (κ2) is 9.02. The smallest absolute Gasteiger partial charge is 0.350 e. The number of anilines is 1. The summed E-state index contributed by atoms with van der Waals surface area (Å²) in [7, 11) is 0. The molecular formula is C22H26ClN5O2. The van der Waals surface area contributed by atoms with E-state index in [9.17, 15) is 9.59 Å².